The van der Waals surface area contributed by atoms with Crippen LogP contribution in [0.1, 0.15) is 64.5 Å². The van der Waals surface area contributed by atoms with Crippen LogP contribution in [0.4, 0.5) is 0 Å². The van der Waals surface area contributed by atoms with Gasteiger partial charge in [-0.2, -0.15) is 0 Å². The maximum Gasteiger partial charge on any atom is 0.0412 e. The Balaban J connectivity index is 2.33. The molecule has 0 radical (unpaired) electrons. The predicted octanol–water partition coefficient (Wildman–Crippen LogP) is 4.35. The molecule has 1 aromatic carbocycles. The van der Waals surface area contributed by atoms with Crippen LogP contribution in [-0.2, 0) is 11.0 Å². The molecule has 1 fully saturated rings. The van der Waals surface area contributed by atoms with Crippen molar-refractivity contribution in [3.8, 4) is 0 Å². The molecule has 0 bridgehead atoms. The minimum atomic E-state index is -0.0983. The van der Waals surface area contributed by atoms with Crippen molar-refractivity contribution in [2.24, 2.45) is 11.7 Å². The fourth-order valence-electron chi connectivity index (χ4n) is 3.15. The minimum absolute atomic E-state index is 0.0983. The Bertz CT molecular complexity index is 416. The first kappa shape index (κ1) is 13.6. The molecule has 0 heterocycles. The molecule has 2 atom stereocenters. The first-order chi connectivity index (χ1) is 8.31. The quantitative estimate of drug-likeness (QED) is 0.782. The standard InChI is InChI=1S/C17H27N/c1-13-7-6-10-17(18,12-13)15-9-5-8-14(11-15)16(2,3)4/h5,8-9,11,13H,6-7,10,12,18H2,1-4H3. The van der Waals surface area contributed by atoms with Gasteiger partial charge in [0.15, 0.2) is 0 Å². The molecular formula is C17H27N. The van der Waals surface area contributed by atoms with Crippen LogP contribution in [0.5, 0.6) is 0 Å². The Morgan fingerprint density at radius 3 is 2.61 bits per heavy atom. The van der Waals surface area contributed by atoms with E-state index in [-0.39, 0.29) is 11.0 Å². The highest BCUT2D eigenvalue weighted by atomic mass is 14.7. The molecule has 0 aromatic heterocycles. The van der Waals surface area contributed by atoms with E-state index in [1.54, 1.807) is 0 Å². The monoisotopic (exact) mass is 245 g/mol. The largest absolute Gasteiger partial charge is 0.321 e. The third-order valence-corrected chi connectivity index (χ3v) is 4.34. The van der Waals surface area contributed by atoms with Gasteiger partial charge in [0.1, 0.15) is 0 Å². The van der Waals surface area contributed by atoms with E-state index in [1.807, 2.05) is 0 Å². The van der Waals surface area contributed by atoms with E-state index in [9.17, 15) is 0 Å². The van der Waals surface area contributed by atoms with Gasteiger partial charge in [0, 0.05) is 5.54 Å². The molecule has 18 heavy (non-hydrogen) atoms. The van der Waals surface area contributed by atoms with E-state index < -0.39 is 0 Å². The molecule has 2 unspecified atom stereocenters. The Morgan fingerprint density at radius 1 is 1.28 bits per heavy atom. The van der Waals surface area contributed by atoms with Gasteiger partial charge in [-0.05, 0) is 35.3 Å². The maximum absolute atomic E-state index is 6.68. The van der Waals surface area contributed by atoms with E-state index >= 15 is 0 Å². The van der Waals surface area contributed by atoms with Crippen molar-refractivity contribution < 1.29 is 0 Å². The van der Waals surface area contributed by atoms with Gasteiger partial charge in [0.2, 0.25) is 0 Å². The van der Waals surface area contributed by atoms with Crippen LogP contribution in [0.25, 0.3) is 0 Å². The molecule has 1 aromatic rings. The molecule has 0 saturated heterocycles. The van der Waals surface area contributed by atoms with Gasteiger partial charge in [-0.3, -0.25) is 0 Å². The zero-order valence-corrected chi connectivity index (χ0v) is 12.3. The second-order valence-electron chi connectivity index (χ2n) is 7.19. The number of hydrogen-bond donors (Lipinski definition) is 1. The van der Waals surface area contributed by atoms with Gasteiger partial charge in [0.05, 0.1) is 0 Å². The molecule has 100 valence electrons. The van der Waals surface area contributed by atoms with Gasteiger partial charge in [-0.25, -0.2) is 0 Å². The summed E-state index contributed by atoms with van der Waals surface area (Å²) in [6, 6.07) is 8.94. The average Bonchev–Trinajstić information content (AvgIpc) is 2.28. The molecular weight excluding hydrogens is 218 g/mol. The molecule has 1 aliphatic rings. The SMILES string of the molecule is CC1CCCC(N)(c2cccc(C(C)(C)C)c2)C1. The van der Waals surface area contributed by atoms with Crippen molar-refractivity contribution in [3.05, 3.63) is 35.4 Å². The van der Waals surface area contributed by atoms with E-state index in [1.165, 1.54) is 24.0 Å². The highest BCUT2D eigenvalue weighted by molar-refractivity contribution is 5.33. The third kappa shape index (κ3) is 2.77. The topological polar surface area (TPSA) is 26.0 Å². The zero-order valence-electron chi connectivity index (χ0n) is 12.3. The lowest BCUT2D eigenvalue weighted by Gasteiger charge is -2.38. The van der Waals surface area contributed by atoms with Crippen LogP contribution in [0.2, 0.25) is 0 Å². The second-order valence-corrected chi connectivity index (χ2v) is 7.19. The smallest absolute Gasteiger partial charge is 0.0412 e. The van der Waals surface area contributed by atoms with Crippen LogP contribution in [0.15, 0.2) is 24.3 Å². The lowest BCUT2D eigenvalue weighted by molar-refractivity contribution is 0.239. The van der Waals surface area contributed by atoms with Crippen LogP contribution in [0, 0.1) is 5.92 Å². The molecule has 1 saturated carbocycles. The molecule has 2 rings (SSSR count). The molecule has 0 aliphatic heterocycles. The van der Waals surface area contributed by atoms with Gasteiger partial charge >= 0.3 is 0 Å². The summed E-state index contributed by atoms with van der Waals surface area (Å²) in [5.41, 5.74) is 9.51. The van der Waals surface area contributed by atoms with E-state index in [0.29, 0.717) is 0 Å². The second kappa shape index (κ2) is 4.70. The maximum atomic E-state index is 6.68. The van der Waals surface area contributed by atoms with Crippen molar-refractivity contribution in [3.63, 3.8) is 0 Å². The summed E-state index contributed by atoms with van der Waals surface area (Å²) in [6.45, 7) is 9.12. The summed E-state index contributed by atoms with van der Waals surface area (Å²) in [6.07, 6.45) is 4.85. The fraction of sp³-hybridized carbons (Fsp3) is 0.647. The average molecular weight is 245 g/mol. The van der Waals surface area contributed by atoms with Crippen molar-refractivity contribution >= 4 is 0 Å². The van der Waals surface area contributed by atoms with Crippen molar-refractivity contribution in [2.75, 3.05) is 0 Å². The number of hydrogen-bond acceptors (Lipinski definition) is 1. The Hall–Kier alpha value is -0.820. The molecule has 0 amide bonds. The molecule has 1 heteroatoms. The van der Waals surface area contributed by atoms with Gasteiger partial charge < -0.3 is 5.73 Å². The van der Waals surface area contributed by atoms with Gasteiger partial charge in [0.25, 0.3) is 0 Å². The predicted molar refractivity (Wildman–Crippen MR) is 78.6 cm³/mol. The van der Waals surface area contributed by atoms with Crippen LogP contribution in [-0.4, -0.2) is 0 Å². The lowest BCUT2D eigenvalue weighted by Crippen LogP contribution is -2.41. The van der Waals surface area contributed by atoms with Gasteiger partial charge in [-0.15, -0.1) is 0 Å². The highest BCUT2D eigenvalue weighted by Crippen LogP contribution is 2.38. The first-order valence-electron chi connectivity index (χ1n) is 7.21. The van der Waals surface area contributed by atoms with E-state index in [2.05, 4.69) is 52.0 Å². The summed E-state index contributed by atoms with van der Waals surface area (Å²) < 4.78 is 0. The van der Waals surface area contributed by atoms with Crippen LogP contribution < -0.4 is 5.73 Å². The summed E-state index contributed by atoms with van der Waals surface area (Å²) in [5, 5.41) is 0. The van der Waals surface area contributed by atoms with Crippen molar-refractivity contribution in [2.45, 2.75) is 64.3 Å². The summed E-state index contributed by atoms with van der Waals surface area (Å²) in [4.78, 5) is 0. The Kier molecular flexibility index (Phi) is 3.55. The lowest BCUT2D eigenvalue weighted by atomic mass is 9.72. The summed E-state index contributed by atoms with van der Waals surface area (Å²) >= 11 is 0. The van der Waals surface area contributed by atoms with Crippen molar-refractivity contribution in [1.29, 1.82) is 0 Å². The van der Waals surface area contributed by atoms with Crippen LogP contribution >= 0.6 is 0 Å². The molecule has 0 spiro atoms. The summed E-state index contributed by atoms with van der Waals surface area (Å²) in [5.74, 6) is 0.752. The fourth-order valence-corrected chi connectivity index (χ4v) is 3.15. The van der Waals surface area contributed by atoms with Crippen molar-refractivity contribution in [1.82, 2.24) is 0 Å². The highest BCUT2D eigenvalue weighted by Gasteiger charge is 2.33. The number of nitrogens with two attached hydrogens (primary N) is 1. The first-order valence-corrected chi connectivity index (χ1v) is 7.21. The van der Waals surface area contributed by atoms with E-state index in [0.717, 1.165) is 18.8 Å². The molecule has 2 N–H and O–H groups in total. The Morgan fingerprint density at radius 2 is 2.00 bits per heavy atom. The number of benzene rings is 1. The molecule has 1 nitrogen and oxygen atoms in total. The Labute approximate surface area is 112 Å². The zero-order chi connectivity index (χ0) is 13.4. The van der Waals surface area contributed by atoms with Crippen LogP contribution in [0.3, 0.4) is 0 Å². The number of rotatable bonds is 1. The molecule has 1 aliphatic carbocycles. The normalized spacial score (nSPS) is 29.3. The van der Waals surface area contributed by atoms with Gasteiger partial charge in [-0.1, -0.05) is 64.8 Å². The minimum Gasteiger partial charge on any atom is -0.321 e. The van der Waals surface area contributed by atoms with E-state index in [4.69, 9.17) is 5.73 Å². The third-order valence-electron chi connectivity index (χ3n) is 4.34. The summed E-state index contributed by atoms with van der Waals surface area (Å²) in [7, 11) is 0.